The van der Waals surface area contributed by atoms with E-state index in [1.165, 1.54) is 0 Å². The van der Waals surface area contributed by atoms with Crippen molar-refractivity contribution in [2.24, 2.45) is 5.73 Å². The Hall–Kier alpha value is -1.10. The molecule has 0 fully saturated rings. The molecular formula is C9H19N3O2. The highest BCUT2D eigenvalue weighted by Gasteiger charge is 2.04. The number of rotatable bonds is 7. The van der Waals surface area contributed by atoms with Gasteiger partial charge in [0.1, 0.15) is 0 Å². The number of hydrogen-bond donors (Lipinski definition) is 3. The topological polar surface area (TPSA) is 84.2 Å². The average Bonchev–Trinajstić information content (AvgIpc) is 2.12. The highest BCUT2D eigenvalue weighted by atomic mass is 16.2. The minimum absolute atomic E-state index is 0.0520. The maximum Gasteiger partial charge on any atom is 0.234 e. The minimum Gasteiger partial charge on any atom is -0.370 e. The van der Waals surface area contributed by atoms with Gasteiger partial charge < -0.3 is 16.4 Å². The van der Waals surface area contributed by atoms with Crippen LogP contribution in [0.25, 0.3) is 0 Å². The first-order valence-electron chi connectivity index (χ1n) is 4.84. The van der Waals surface area contributed by atoms with Crippen molar-refractivity contribution in [2.75, 3.05) is 13.1 Å². The Kier molecular flexibility index (Phi) is 6.74. The molecule has 5 heteroatoms. The summed E-state index contributed by atoms with van der Waals surface area (Å²) in [4.78, 5) is 21.5. The molecule has 0 saturated heterocycles. The van der Waals surface area contributed by atoms with Gasteiger partial charge in [-0.15, -0.1) is 0 Å². The fourth-order valence-corrected chi connectivity index (χ4v) is 0.841. The summed E-state index contributed by atoms with van der Waals surface area (Å²) in [7, 11) is 0. The Balaban J connectivity index is 3.40. The lowest BCUT2D eigenvalue weighted by Gasteiger charge is -2.11. The van der Waals surface area contributed by atoms with Crippen LogP contribution in [-0.4, -0.2) is 30.9 Å². The molecule has 0 aromatic rings. The molecule has 0 saturated carbocycles. The maximum atomic E-state index is 11.2. The molecule has 1 unspecified atom stereocenters. The van der Waals surface area contributed by atoms with Crippen molar-refractivity contribution in [3.63, 3.8) is 0 Å². The van der Waals surface area contributed by atoms with Crippen LogP contribution in [0.15, 0.2) is 0 Å². The molecule has 0 radical (unpaired) electrons. The zero-order chi connectivity index (χ0) is 11.0. The molecule has 0 rings (SSSR count). The van der Waals surface area contributed by atoms with Crippen molar-refractivity contribution < 1.29 is 9.59 Å². The first-order chi connectivity index (χ1) is 6.56. The predicted octanol–water partition coefficient (Wildman–Crippen LogP) is -0.634. The van der Waals surface area contributed by atoms with E-state index in [0.29, 0.717) is 6.54 Å². The first kappa shape index (κ1) is 12.9. The zero-order valence-corrected chi connectivity index (χ0v) is 8.80. The van der Waals surface area contributed by atoms with E-state index in [0.717, 1.165) is 6.42 Å². The van der Waals surface area contributed by atoms with Crippen LogP contribution in [0.4, 0.5) is 0 Å². The molecule has 0 spiro atoms. The predicted molar refractivity (Wildman–Crippen MR) is 54.6 cm³/mol. The standard InChI is InChI=1S/C9H19N3O2/c1-3-7(2)12-9(14)6-11-5-4-8(10)13/h7,11H,3-6H2,1-2H3,(H2,10,13)(H,12,14). The number of primary amides is 1. The molecule has 0 aliphatic carbocycles. The fourth-order valence-electron chi connectivity index (χ4n) is 0.841. The Morgan fingerprint density at radius 3 is 2.57 bits per heavy atom. The molecule has 14 heavy (non-hydrogen) atoms. The van der Waals surface area contributed by atoms with E-state index >= 15 is 0 Å². The van der Waals surface area contributed by atoms with Crippen LogP contribution in [0.2, 0.25) is 0 Å². The number of nitrogens with two attached hydrogens (primary N) is 1. The van der Waals surface area contributed by atoms with Crippen molar-refractivity contribution in [3.05, 3.63) is 0 Å². The molecule has 82 valence electrons. The molecule has 4 N–H and O–H groups in total. The molecule has 0 bridgehead atoms. The summed E-state index contributed by atoms with van der Waals surface area (Å²) in [6.07, 6.45) is 1.17. The van der Waals surface area contributed by atoms with E-state index in [4.69, 9.17) is 5.73 Å². The smallest absolute Gasteiger partial charge is 0.234 e. The molecule has 0 heterocycles. The van der Waals surface area contributed by atoms with E-state index in [1.54, 1.807) is 0 Å². The quantitative estimate of drug-likeness (QED) is 0.479. The molecule has 0 aromatic carbocycles. The highest BCUT2D eigenvalue weighted by Crippen LogP contribution is 1.86. The van der Waals surface area contributed by atoms with Crippen molar-refractivity contribution in [1.82, 2.24) is 10.6 Å². The number of amides is 2. The zero-order valence-electron chi connectivity index (χ0n) is 8.80. The van der Waals surface area contributed by atoms with Gasteiger partial charge in [-0.2, -0.15) is 0 Å². The van der Waals surface area contributed by atoms with E-state index in [2.05, 4.69) is 10.6 Å². The monoisotopic (exact) mass is 201 g/mol. The lowest BCUT2D eigenvalue weighted by atomic mass is 10.2. The van der Waals surface area contributed by atoms with E-state index in [-0.39, 0.29) is 30.8 Å². The third-order valence-corrected chi connectivity index (χ3v) is 1.85. The number of carbonyl (C=O) groups excluding carboxylic acids is 2. The second-order valence-corrected chi connectivity index (χ2v) is 3.27. The van der Waals surface area contributed by atoms with Gasteiger partial charge in [-0.3, -0.25) is 9.59 Å². The molecule has 5 nitrogen and oxygen atoms in total. The second-order valence-electron chi connectivity index (χ2n) is 3.27. The van der Waals surface area contributed by atoms with Crippen LogP contribution in [-0.2, 0) is 9.59 Å². The summed E-state index contributed by atoms with van der Waals surface area (Å²) in [5.41, 5.74) is 4.93. The Morgan fingerprint density at radius 2 is 2.07 bits per heavy atom. The van der Waals surface area contributed by atoms with Gasteiger partial charge in [-0.1, -0.05) is 6.92 Å². The molecule has 1 atom stereocenters. The van der Waals surface area contributed by atoms with Gasteiger partial charge in [-0.05, 0) is 13.3 Å². The summed E-state index contributed by atoms with van der Waals surface area (Å²) in [5, 5.41) is 5.63. The van der Waals surface area contributed by atoms with Gasteiger partial charge in [0.05, 0.1) is 6.54 Å². The Bertz CT molecular complexity index is 194. The lowest BCUT2D eigenvalue weighted by molar-refractivity contribution is -0.121. The highest BCUT2D eigenvalue weighted by molar-refractivity contribution is 5.78. The van der Waals surface area contributed by atoms with Crippen LogP contribution in [0, 0.1) is 0 Å². The summed E-state index contributed by atoms with van der Waals surface area (Å²) < 4.78 is 0. The van der Waals surface area contributed by atoms with Gasteiger partial charge in [0, 0.05) is 19.0 Å². The largest absolute Gasteiger partial charge is 0.370 e. The summed E-state index contributed by atoms with van der Waals surface area (Å²) in [5.74, 6) is -0.413. The van der Waals surface area contributed by atoms with Crippen LogP contribution in [0.5, 0.6) is 0 Å². The maximum absolute atomic E-state index is 11.2. The average molecular weight is 201 g/mol. The van der Waals surface area contributed by atoms with Gasteiger partial charge in [0.2, 0.25) is 11.8 Å². The van der Waals surface area contributed by atoms with Crippen LogP contribution >= 0.6 is 0 Å². The Morgan fingerprint density at radius 1 is 1.43 bits per heavy atom. The fraction of sp³-hybridized carbons (Fsp3) is 0.778. The summed E-state index contributed by atoms with van der Waals surface area (Å²) in [6.45, 7) is 4.63. The van der Waals surface area contributed by atoms with Crippen molar-refractivity contribution >= 4 is 11.8 Å². The number of carbonyl (C=O) groups is 2. The normalized spacial score (nSPS) is 12.1. The van der Waals surface area contributed by atoms with Gasteiger partial charge in [-0.25, -0.2) is 0 Å². The van der Waals surface area contributed by atoms with Gasteiger partial charge in [0.25, 0.3) is 0 Å². The van der Waals surface area contributed by atoms with Crippen LogP contribution < -0.4 is 16.4 Å². The van der Waals surface area contributed by atoms with Crippen molar-refractivity contribution in [2.45, 2.75) is 32.7 Å². The molecule has 0 aliphatic heterocycles. The van der Waals surface area contributed by atoms with Crippen LogP contribution in [0.1, 0.15) is 26.7 Å². The van der Waals surface area contributed by atoms with Crippen molar-refractivity contribution in [1.29, 1.82) is 0 Å². The summed E-state index contributed by atoms with van der Waals surface area (Å²) >= 11 is 0. The van der Waals surface area contributed by atoms with Gasteiger partial charge in [0.15, 0.2) is 0 Å². The molecule has 0 aromatic heterocycles. The van der Waals surface area contributed by atoms with Crippen LogP contribution in [0.3, 0.4) is 0 Å². The van der Waals surface area contributed by atoms with E-state index < -0.39 is 0 Å². The van der Waals surface area contributed by atoms with Crippen molar-refractivity contribution in [3.8, 4) is 0 Å². The third-order valence-electron chi connectivity index (χ3n) is 1.85. The lowest BCUT2D eigenvalue weighted by Crippen LogP contribution is -2.39. The molecule has 2 amide bonds. The second kappa shape index (κ2) is 7.32. The molecule has 0 aliphatic rings. The first-order valence-corrected chi connectivity index (χ1v) is 4.84. The molecular weight excluding hydrogens is 182 g/mol. The van der Waals surface area contributed by atoms with E-state index in [1.807, 2.05) is 13.8 Å². The van der Waals surface area contributed by atoms with Gasteiger partial charge >= 0.3 is 0 Å². The Labute approximate surface area is 84.4 Å². The summed E-state index contributed by atoms with van der Waals surface area (Å²) in [6, 6.07) is 0.195. The minimum atomic E-state index is -0.361. The number of hydrogen-bond acceptors (Lipinski definition) is 3. The third kappa shape index (κ3) is 7.54. The SMILES string of the molecule is CCC(C)NC(=O)CNCCC(N)=O. The number of nitrogens with one attached hydrogen (secondary N) is 2. The van der Waals surface area contributed by atoms with E-state index in [9.17, 15) is 9.59 Å².